The Morgan fingerprint density at radius 1 is 1.04 bits per heavy atom. The van der Waals surface area contributed by atoms with Crippen molar-refractivity contribution in [2.75, 3.05) is 13.1 Å². The van der Waals surface area contributed by atoms with Crippen molar-refractivity contribution >= 4 is 11.9 Å². The highest BCUT2D eigenvalue weighted by Gasteiger charge is 2.35. The fourth-order valence-electron chi connectivity index (χ4n) is 4.10. The number of nitrogens with zero attached hydrogens (tertiary/aromatic N) is 1. The van der Waals surface area contributed by atoms with Crippen LogP contribution in [-0.4, -0.2) is 35.0 Å². The number of likely N-dealkylation sites (tertiary alicyclic amines) is 1. The van der Waals surface area contributed by atoms with E-state index in [1.807, 2.05) is 4.90 Å². The van der Waals surface area contributed by atoms with Crippen molar-refractivity contribution < 1.29 is 14.7 Å². The van der Waals surface area contributed by atoms with Crippen LogP contribution in [0.1, 0.15) is 49.1 Å². The van der Waals surface area contributed by atoms with Crippen LogP contribution in [0.4, 0.5) is 0 Å². The number of benzene rings is 1. The van der Waals surface area contributed by atoms with Crippen LogP contribution in [0.5, 0.6) is 0 Å². The molecule has 1 aromatic rings. The first-order valence-electron chi connectivity index (χ1n) is 8.63. The van der Waals surface area contributed by atoms with E-state index in [0.29, 0.717) is 18.8 Å². The van der Waals surface area contributed by atoms with Gasteiger partial charge in [0.2, 0.25) is 5.91 Å². The van der Waals surface area contributed by atoms with Crippen molar-refractivity contribution in [3.63, 3.8) is 0 Å². The molecule has 1 aromatic carbocycles. The van der Waals surface area contributed by atoms with E-state index >= 15 is 0 Å². The molecule has 0 radical (unpaired) electrons. The maximum Gasteiger partial charge on any atom is 0.306 e. The van der Waals surface area contributed by atoms with Gasteiger partial charge in [-0.2, -0.15) is 0 Å². The average molecular weight is 315 g/mol. The summed E-state index contributed by atoms with van der Waals surface area (Å²) in [6, 6.07) is 8.43. The van der Waals surface area contributed by atoms with Gasteiger partial charge in [-0.15, -0.1) is 0 Å². The number of carbonyl (C=O) groups excluding carboxylic acids is 1. The monoisotopic (exact) mass is 315 g/mol. The molecule has 2 aliphatic rings. The summed E-state index contributed by atoms with van der Waals surface area (Å²) in [6.45, 7) is 3.77. The number of hydrogen-bond acceptors (Lipinski definition) is 2. The lowest BCUT2D eigenvalue weighted by Crippen LogP contribution is -2.37. The summed E-state index contributed by atoms with van der Waals surface area (Å²) in [4.78, 5) is 25.7. The van der Waals surface area contributed by atoms with Crippen LogP contribution in [0.2, 0.25) is 0 Å². The number of hydrogen-bond donors (Lipinski definition) is 1. The Balaban J connectivity index is 1.58. The van der Waals surface area contributed by atoms with Gasteiger partial charge in [0.1, 0.15) is 0 Å². The Hall–Kier alpha value is -1.84. The SMILES string of the molecule is Cc1ccccc1C1CCN(C(=O)C2CCC(C(=O)O)CC2)C1. The molecule has 4 heteroatoms. The summed E-state index contributed by atoms with van der Waals surface area (Å²) >= 11 is 0. The normalized spacial score (nSPS) is 27.9. The maximum absolute atomic E-state index is 12.7. The summed E-state index contributed by atoms with van der Waals surface area (Å²) in [6.07, 6.45) is 3.76. The minimum absolute atomic E-state index is 0.0289. The third-order valence-electron chi connectivity index (χ3n) is 5.55. The summed E-state index contributed by atoms with van der Waals surface area (Å²) < 4.78 is 0. The zero-order valence-corrected chi connectivity index (χ0v) is 13.7. The van der Waals surface area contributed by atoms with E-state index in [-0.39, 0.29) is 17.7 Å². The molecule has 0 aromatic heterocycles. The largest absolute Gasteiger partial charge is 0.481 e. The van der Waals surface area contributed by atoms with Crippen LogP contribution in [0, 0.1) is 18.8 Å². The Bertz CT molecular complexity index is 590. The highest BCUT2D eigenvalue weighted by molar-refractivity contribution is 5.80. The third-order valence-corrected chi connectivity index (χ3v) is 5.55. The Kier molecular flexibility index (Phi) is 4.69. The van der Waals surface area contributed by atoms with Gasteiger partial charge in [0, 0.05) is 24.9 Å². The van der Waals surface area contributed by atoms with Crippen molar-refractivity contribution in [2.24, 2.45) is 11.8 Å². The van der Waals surface area contributed by atoms with Gasteiger partial charge in [0.05, 0.1) is 5.92 Å². The number of rotatable bonds is 3. The van der Waals surface area contributed by atoms with E-state index in [4.69, 9.17) is 5.11 Å². The van der Waals surface area contributed by atoms with Crippen molar-refractivity contribution in [3.05, 3.63) is 35.4 Å². The Labute approximate surface area is 137 Å². The lowest BCUT2D eigenvalue weighted by Gasteiger charge is -2.29. The van der Waals surface area contributed by atoms with Crippen molar-refractivity contribution in [1.82, 2.24) is 4.90 Å². The van der Waals surface area contributed by atoms with E-state index in [9.17, 15) is 9.59 Å². The second-order valence-corrected chi connectivity index (χ2v) is 7.01. The molecule has 1 heterocycles. The maximum atomic E-state index is 12.7. The molecule has 23 heavy (non-hydrogen) atoms. The fourth-order valence-corrected chi connectivity index (χ4v) is 4.10. The molecule has 1 aliphatic carbocycles. The summed E-state index contributed by atoms with van der Waals surface area (Å²) in [5, 5.41) is 9.07. The molecule has 1 aliphatic heterocycles. The second kappa shape index (κ2) is 6.73. The summed E-state index contributed by atoms with van der Waals surface area (Å²) in [7, 11) is 0. The van der Waals surface area contributed by atoms with Crippen LogP contribution in [0.15, 0.2) is 24.3 Å². The Morgan fingerprint density at radius 3 is 2.35 bits per heavy atom. The van der Waals surface area contributed by atoms with Gasteiger partial charge in [-0.3, -0.25) is 9.59 Å². The molecule has 1 amide bonds. The lowest BCUT2D eigenvalue weighted by molar-refractivity contribution is -0.145. The molecule has 124 valence electrons. The molecule has 1 atom stereocenters. The molecule has 1 saturated carbocycles. The summed E-state index contributed by atoms with van der Waals surface area (Å²) in [5.74, 6) is -0.254. The van der Waals surface area contributed by atoms with Gasteiger partial charge >= 0.3 is 5.97 Å². The average Bonchev–Trinajstić information content (AvgIpc) is 3.04. The fraction of sp³-hybridized carbons (Fsp3) is 0.579. The molecule has 1 saturated heterocycles. The number of carbonyl (C=O) groups is 2. The minimum Gasteiger partial charge on any atom is -0.481 e. The quantitative estimate of drug-likeness (QED) is 0.932. The highest BCUT2D eigenvalue weighted by atomic mass is 16.4. The minimum atomic E-state index is -0.711. The van der Waals surface area contributed by atoms with Gasteiger partial charge in [0.25, 0.3) is 0 Å². The van der Waals surface area contributed by atoms with Crippen LogP contribution < -0.4 is 0 Å². The van der Waals surface area contributed by atoms with Gasteiger partial charge in [0.15, 0.2) is 0 Å². The standard InChI is InChI=1S/C19H25NO3/c1-13-4-2-3-5-17(13)16-10-11-20(12-16)18(21)14-6-8-15(9-7-14)19(22)23/h2-5,14-16H,6-12H2,1H3,(H,22,23). The van der Waals surface area contributed by atoms with Gasteiger partial charge in [-0.25, -0.2) is 0 Å². The van der Waals surface area contributed by atoms with Gasteiger partial charge in [-0.1, -0.05) is 24.3 Å². The number of aryl methyl sites for hydroxylation is 1. The number of carboxylic acid groups (broad SMARTS) is 1. The van der Waals surface area contributed by atoms with Crippen LogP contribution >= 0.6 is 0 Å². The zero-order chi connectivity index (χ0) is 16.4. The van der Waals surface area contributed by atoms with E-state index in [1.54, 1.807) is 0 Å². The third kappa shape index (κ3) is 3.41. The molecule has 0 bridgehead atoms. The molecule has 3 rings (SSSR count). The van der Waals surface area contributed by atoms with E-state index in [1.165, 1.54) is 11.1 Å². The summed E-state index contributed by atoms with van der Waals surface area (Å²) in [5.41, 5.74) is 2.66. The number of amides is 1. The molecule has 1 N–H and O–H groups in total. The molecule has 0 spiro atoms. The van der Waals surface area contributed by atoms with Crippen molar-refractivity contribution in [2.45, 2.75) is 44.9 Å². The molecule has 1 unspecified atom stereocenters. The highest BCUT2D eigenvalue weighted by Crippen LogP contribution is 2.34. The van der Waals surface area contributed by atoms with E-state index < -0.39 is 5.97 Å². The predicted molar refractivity (Wildman–Crippen MR) is 88.2 cm³/mol. The first-order valence-corrected chi connectivity index (χ1v) is 8.63. The number of aliphatic carboxylic acids is 1. The molecular formula is C19H25NO3. The van der Waals surface area contributed by atoms with Gasteiger partial charge in [-0.05, 0) is 50.2 Å². The zero-order valence-electron chi connectivity index (χ0n) is 13.7. The number of carboxylic acids is 1. The van der Waals surface area contributed by atoms with Crippen LogP contribution in [0.3, 0.4) is 0 Å². The molecule has 2 fully saturated rings. The van der Waals surface area contributed by atoms with E-state index in [2.05, 4.69) is 31.2 Å². The van der Waals surface area contributed by atoms with E-state index in [0.717, 1.165) is 32.4 Å². The first kappa shape index (κ1) is 16.0. The van der Waals surface area contributed by atoms with Crippen molar-refractivity contribution in [3.8, 4) is 0 Å². The van der Waals surface area contributed by atoms with Crippen LogP contribution in [-0.2, 0) is 9.59 Å². The smallest absolute Gasteiger partial charge is 0.306 e. The van der Waals surface area contributed by atoms with Crippen LogP contribution in [0.25, 0.3) is 0 Å². The molecular weight excluding hydrogens is 290 g/mol. The molecule has 4 nitrogen and oxygen atoms in total. The first-order chi connectivity index (χ1) is 11.1. The predicted octanol–water partition coefficient (Wildman–Crippen LogP) is 3.20. The lowest BCUT2D eigenvalue weighted by atomic mass is 9.81. The second-order valence-electron chi connectivity index (χ2n) is 7.01. The Morgan fingerprint density at radius 2 is 1.70 bits per heavy atom. The topological polar surface area (TPSA) is 57.6 Å². The van der Waals surface area contributed by atoms with Crippen molar-refractivity contribution in [1.29, 1.82) is 0 Å². The van der Waals surface area contributed by atoms with Gasteiger partial charge < -0.3 is 10.0 Å².